The zero-order valence-corrected chi connectivity index (χ0v) is 9.20. The predicted molar refractivity (Wildman–Crippen MR) is 53.2 cm³/mol. The molecule has 3 nitrogen and oxygen atoms in total. The van der Waals surface area contributed by atoms with Crippen LogP contribution >= 0.6 is 0 Å². The molecule has 76 valence electrons. The summed E-state index contributed by atoms with van der Waals surface area (Å²) in [6.45, 7) is 13.5. The van der Waals surface area contributed by atoms with Gasteiger partial charge in [0.05, 0.1) is 0 Å². The van der Waals surface area contributed by atoms with Crippen molar-refractivity contribution in [3.8, 4) is 0 Å². The molecule has 0 rings (SSSR count). The lowest BCUT2D eigenvalue weighted by atomic mass is 10.2. The zero-order chi connectivity index (χ0) is 10.3. The van der Waals surface area contributed by atoms with Crippen molar-refractivity contribution in [1.29, 1.82) is 0 Å². The van der Waals surface area contributed by atoms with Crippen LogP contribution in [0.3, 0.4) is 0 Å². The number of nitrogens with zero attached hydrogens (tertiary/aromatic N) is 1. The van der Waals surface area contributed by atoms with Crippen LogP contribution in [-0.4, -0.2) is 28.2 Å². The van der Waals surface area contributed by atoms with Crippen LogP contribution in [0.15, 0.2) is 0 Å². The molecule has 0 saturated carbocycles. The van der Waals surface area contributed by atoms with Gasteiger partial charge < -0.3 is 5.21 Å². The Morgan fingerprint density at radius 1 is 0.750 bits per heavy atom. The number of hydrogen-bond acceptors (Lipinski definition) is 3. The van der Waals surface area contributed by atoms with Gasteiger partial charge in [0.1, 0.15) is 0 Å². The van der Waals surface area contributed by atoms with Gasteiger partial charge in [-0.1, -0.05) is 0 Å². The monoisotopic (exact) mass is 176 g/mol. The molecule has 3 N–H and O–H groups in total. The van der Waals surface area contributed by atoms with Crippen molar-refractivity contribution in [1.82, 2.24) is 4.90 Å². The van der Waals surface area contributed by atoms with Crippen molar-refractivity contribution < 1.29 is 5.21 Å². The van der Waals surface area contributed by atoms with Gasteiger partial charge in [0.25, 0.3) is 0 Å². The first-order chi connectivity index (χ1) is 5.46. The van der Waals surface area contributed by atoms with Gasteiger partial charge in [-0.05, 0) is 41.5 Å². The van der Waals surface area contributed by atoms with Gasteiger partial charge >= 0.3 is 0 Å². The molecule has 0 aliphatic carbocycles. The maximum Gasteiger partial charge on any atom is 0.00439 e. The molecule has 0 aromatic heterocycles. The molecule has 0 bridgehead atoms. The molecule has 0 heterocycles. The first-order valence-corrected chi connectivity index (χ1v) is 4.50. The van der Waals surface area contributed by atoms with E-state index < -0.39 is 0 Å². The maximum atomic E-state index is 6.50. The summed E-state index contributed by atoms with van der Waals surface area (Å²) >= 11 is 0. The fraction of sp³-hybridized carbons (Fsp3) is 1.00. The number of nitrogens with two attached hydrogens (primary N) is 1. The highest BCUT2D eigenvalue weighted by atomic mass is 16.4. The van der Waals surface area contributed by atoms with Crippen molar-refractivity contribution in [2.24, 2.45) is 5.90 Å². The zero-order valence-electron chi connectivity index (χ0n) is 9.20. The Labute approximate surface area is 76.5 Å². The van der Waals surface area contributed by atoms with Gasteiger partial charge in [-0.3, -0.25) is 4.90 Å². The summed E-state index contributed by atoms with van der Waals surface area (Å²) in [6.07, 6.45) is 0. The Bertz CT molecular complexity index is 73.5. The van der Waals surface area contributed by atoms with Gasteiger partial charge in [0, 0.05) is 18.1 Å². The second kappa shape index (κ2) is 7.53. The summed E-state index contributed by atoms with van der Waals surface area (Å²) in [5.74, 6) is 3.50. The molecule has 0 aromatic carbocycles. The normalized spacial score (nSPS) is 11.0. The average molecular weight is 176 g/mol. The minimum atomic E-state index is 0.667. The lowest BCUT2D eigenvalue weighted by Gasteiger charge is -2.34. The number of hydrogen-bond donors (Lipinski definition) is 2. The van der Waals surface area contributed by atoms with Crippen LogP contribution < -0.4 is 5.90 Å². The highest BCUT2D eigenvalue weighted by Crippen LogP contribution is 2.08. The van der Waals surface area contributed by atoms with E-state index >= 15 is 0 Å². The SMILES string of the molecule is CC(C)N(C(C)C)C(C)C.NO. The Hall–Kier alpha value is -0.120. The van der Waals surface area contributed by atoms with E-state index in [1.807, 2.05) is 0 Å². The van der Waals surface area contributed by atoms with Crippen LogP contribution in [0.25, 0.3) is 0 Å². The quantitative estimate of drug-likeness (QED) is 0.645. The van der Waals surface area contributed by atoms with Gasteiger partial charge in [-0.15, -0.1) is 0 Å². The second-order valence-corrected chi connectivity index (χ2v) is 3.73. The molecule has 0 aromatic rings. The van der Waals surface area contributed by atoms with Gasteiger partial charge in [0.2, 0.25) is 0 Å². The van der Waals surface area contributed by atoms with Crippen LogP contribution in [0.1, 0.15) is 41.5 Å². The van der Waals surface area contributed by atoms with Crippen molar-refractivity contribution in [3.05, 3.63) is 0 Å². The van der Waals surface area contributed by atoms with Crippen LogP contribution in [0.5, 0.6) is 0 Å². The van der Waals surface area contributed by atoms with Crippen LogP contribution in [0.2, 0.25) is 0 Å². The summed E-state index contributed by atoms with van der Waals surface area (Å²) in [6, 6.07) is 2.00. The molecule has 0 atom stereocenters. The Balaban J connectivity index is 0. The Morgan fingerprint density at radius 2 is 0.917 bits per heavy atom. The standard InChI is InChI=1S/C9H21N.H3NO/c1-7(2)10(8(3)4)9(5)6;1-2/h7-9H,1-6H3;2H,1H2. The highest BCUT2D eigenvalue weighted by Gasteiger charge is 2.15. The first kappa shape index (κ1) is 14.4. The highest BCUT2D eigenvalue weighted by molar-refractivity contribution is 4.70. The third kappa shape index (κ3) is 5.52. The van der Waals surface area contributed by atoms with Crippen LogP contribution in [0, 0.1) is 0 Å². The lowest BCUT2D eigenvalue weighted by molar-refractivity contribution is 0.133. The molecule has 0 amide bonds. The van der Waals surface area contributed by atoms with E-state index in [4.69, 9.17) is 5.21 Å². The van der Waals surface area contributed by atoms with Crippen LogP contribution in [0.4, 0.5) is 0 Å². The Morgan fingerprint density at radius 3 is 0.917 bits per heavy atom. The molecule has 3 heteroatoms. The molecule has 12 heavy (non-hydrogen) atoms. The minimum Gasteiger partial charge on any atom is -0.320 e. The fourth-order valence-electron chi connectivity index (χ4n) is 1.79. The van der Waals surface area contributed by atoms with Crippen molar-refractivity contribution in [3.63, 3.8) is 0 Å². The van der Waals surface area contributed by atoms with E-state index in [0.717, 1.165) is 0 Å². The molecule has 0 spiro atoms. The lowest BCUT2D eigenvalue weighted by Crippen LogP contribution is -2.42. The van der Waals surface area contributed by atoms with E-state index in [1.54, 1.807) is 0 Å². The largest absolute Gasteiger partial charge is 0.320 e. The van der Waals surface area contributed by atoms with Gasteiger partial charge in [0.15, 0.2) is 0 Å². The maximum absolute atomic E-state index is 6.50. The summed E-state index contributed by atoms with van der Waals surface area (Å²) < 4.78 is 0. The first-order valence-electron chi connectivity index (χ1n) is 4.50. The summed E-state index contributed by atoms with van der Waals surface area (Å²) in [5, 5.41) is 6.50. The molecular formula is C9H24N2O. The molecule has 0 aliphatic heterocycles. The Kier molecular flexibility index (Phi) is 9.03. The molecule has 0 fully saturated rings. The predicted octanol–water partition coefficient (Wildman–Crippen LogP) is 1.85. The molecule has 0 radical (unpaired) electrons. The van der Waals surface area contributed by atoms with E-state index in [0.29, 0.717) is 18.1 Å². The molecule has 0 aliphatic rings. The smallest absolute Gasteiger partial charge is 0.00439 e. The van der Waals surface area contributed by atoms with E-state index in [1.165, 1.54) is 0 Å². The average Bonchev–Trinajstić information content (AvgIpc) is 1.88. The second-order valence-electron chi connectivity index (χ2n) is 3.73. The third-order valence-corrected chi connectivity index (χ3v) is 1.79. The van der Waals surface area contributed by atoms with E-state index in [9.17, 15) is 0 Å². The van der Waals surface area contributed by atoms with Crippen molar-refractivity contribution in [2.45, 2.75) is 59.7 Å². The van der Waals surface area contributed by atoms with E-state index in [-0.39, 0.29) is 0 Å². The number of rotatable bonds is 3. The topological polar surface area (TPSA) is 49.5 Å². The summed E-state index contributed by atoms with van der Waals surface area (Å²) in [4.78, 5) is 2.50. The molecular weight excluding hydrogens is 152 g/mol. The van der Waals surface area contributed by atoms with Crippen molar-refractivity contribution >= 4 is 0 Å². The van der Waals surface area contributed by atoms with Crippen LogP contribution in [-0.2, 0) is 0 Å². The summed E-state index contributed by atoms with van der Waals surface area (Å²) in [5.41, 5.74) is 0. The minimum absolute atomic E-state index is 0.667. The van der Waals surface area contributed by atoms with Gasteiger partial charge in [-0.25, -0.2) is 5.90 Å². The fourth-order valence-corrected chi connectivity index (χ4v) is 1.79. The summed E-state index contributed by atoms with van der Waals surface area (Å²) in [7, 11) is 0. The van der Waals surface area contributed by atoms with Gasteiger partial charge in [-0.2, -0.15) is 0 Å². The molecule has 0 unspecified atom stereocenters. The van der Waals surface area contributed by atoms with E-state index in [2.05, 4.69) is 52.3 Å². The molecule has 0 saturated heterocycles. The van der Waals surface area contributed by atoms with Crippen molar-refractivity contribution in [2.75, 3.05) is 0 Å². The third-order valence-electron chi connectivity index (χ3n) is 1.79.